The fraction of sp³-hybridized carbons (Fsp3) is 0. The molecule has 1 heterocycles. The van der Waals surface area contributed by atoms with Crippen LogP contribution in [0.15, 0.2) is 70.3 Å². The zero-order valence-electron chi connectivity index (χ0n) is 12.9. The van der Waals surface area contributed by atoms with Crippen molar-refractivity contribution in [1.29, 1.82) is 0 Å². The molecule has 0 saturated carbocycles. The maximum atomic E-state index is 12.2. The molecule has 0 aliphatic rings. The number of nitrogens with one attached hydrogen (secondary N) is 1. The summed E-state index contributed by atoms with van der Waals surface area (Å²) >= 11 is 0.905. The van der Waals surface area contributed by atoms with Gasteiger partial charge in [0.15, 0.2) is 0 Å². The molecule has 3 N–H and O–H groups in total. The average Bonchev–Trinajstić information content (AvgIpc) is 3.08. The highest BCUT2D eigenvalue weighted by Gasteiger charge is 2.15. The lowest BCUT2D eigenvalue weighted by atomic mass is 10.2. The fourth-order valence-corrected chi connectivity index (χ4v) is 3.60. The molecule has 0 aliphatic carbocycles. The maximum absolute atomic E-state index is 12.2. The number of amides is 1. The molecule has 0 unspecified atom stereocenters. The Hall–Kier alpha value is -2.68. The van der Waals surface area contributed by atoms with Crippen molar-refractivity contribution in [3.05, 3.63) is 71.6 Å². The van der Waals surface area contributed by atoms with E-state index in [1.54, 1.807) is 24.3 Å². The van der Waals surface area contributed by atoms with Gasteiger partial charge in [-0.2, -0.15) is 0 Å². The average molecular weight is 374 g/mol. The van der Waals surface area contributed by atoms with Crippen molar-refractivity contribution >= 4 is 33.0 Å². The number of primary sulfonamides is 1. The number of thiophene rings is 1. The first-order chi connectivity index (χ1) is 11.9. The largest absolute Gasteiger partial charge is 0.457 e. The van der Waals surface area contributed by atoms with Crippen molar-refractivity contribution in [3.8, 4) is 11.5 Å². The van der Waals surface area contributed by atoms with Crippen LogP contribution in [-0.2, 0) is 10.0 Å². The van der Waals surface area contributed by atoms with Crippen molar-refractivity contribution < 1.29 is 17.9 Å². The highest BCUT2D eigenvalue weighted by molar-refractivity contribution is 7.91. The summed E-state index contributed by atoms with van der Waals surface area (Å²) in [6, 6.07) is 17.4. The Morgan fingerprint density at radius 3 is 2.24 bits per heavy atom. The molecule has 3 rings (SSSR count). The molecule has 128 valence electrons. The molecule has 1 amide bonds. The van der Waals surface area contributed by atoms with Crippen molar-refractivity contribution in [2.24, 2.45) is 5.14 Å². The minimum atomic E-state index is -3.80. The lowest BCUT2D eigenvalue weighted by Gasteiger charge is -2.07. The molecule has 0 bridgehead atoms. The SMILES string of the molecule is NS(=O)(=O)c1cc(C(=O)Nc2ccc(Oc3ccccc3)cc2)cs1. The van der Waals surface area contributed by atoms with Gasteiger partial charge in [-0.05, 0) is 42.5 Å². The highest BCUT2D eigenvalue weighted by atomic mass is 32.2. The maximum Gasteiger partial charge on any atom is 0.256 e. The van der Waals surface area contributed by atoms with Crippen molar-refractivity contribution in [3.63, 3.8) is 0 Å². The first kappa shape index (κ1) is 17.2. The lowest BCUT2D eigenvalue weighted by molar-refractivity contribution is 0.102. The first-order valence-corrected chi connectivity index (χ1v) is 9.60. The number of carbonyl (C=O) groups is 1. The first-order valence-electron chi connectivity index (χ1n) is 7.17. The Morgan fingerprint density at radius 1 is 1.00 bits per heavy atom. The molecular weight excluding hydrogens is 360 g/mol. The number of hydrogen-bond acceptors (Lipinski definition) is 5. The molecule has 0 radical (unpaired) electrons. The fourth-order valence-electron chi connectivity index (χ4n) is 2.02. The molecule has 6 nitrogen and oxygen atoms in total. The summed E-state index contributed by atoms with van der Waals surface area (Å²) in [5.41, 5.74) is 0.799. The highest BCUT2D eigenvalue weighted by Crippen LogP contribution is 2.24. The molecule has 2 aromatic carbocycles. The van der Waals surface area contributed by atoms with Crippen LogP contribution >= 0.6 is 11.3 Å². The van der Waals surface area contributed by atoms with Crippen LogP contribution in [0.1, 0.15) is 10.4 Å². The summed E-state index contributed by atoms with van der Waals surface area (Å²) in [6.07, 6.45) is 0. The number of rotatable bonds is 5. The van der Waals surface area contributed by atoms with Gasteiger partial charge in [-0.25, -0.2) is 13.6 Å². The molecule has 0 aliphatic heterocycles. The smallest absolute Gasteiger partial charge is 0.256 e. The van der Waals surface area contributed by atoms with Crippen LogP contribution in [-0.4, -0.2) is 14.3 Å². The van der Waals surface area contributed by atoms with Gasteiger partial charge in [-0.1, -0.05) is 18.2 Å². The second kappa shape index (κ2) is 7.06. The predicted octanol–water partition coefficient (Wildman–Crippen LogP) is 3.44. The second-order valence-electron chi connectivity index (χ2n) is 5.09. The summed E-state index contributed by atoms with van der Waals surface area (Å²) < 4.78 is 28.1. The molecule has 25 heavy (non-hydrogen) atoms. The third-order valence-electron chi connectivity index (χ3n) is 3.21. The normalized spacial score (nSPS) is 11.1. The number of ether oxygens (including phenoxy) is 1. The lowest BCUT2D eigenvalue weighted by Crippen LogP contribution is -2.12. The van der Waals surface area contributed by atoms with Gasteiger partial charge < -0.3 is 10.1 Å². The number of sulfonamides is 1. The molecular formula is C17H14N2O4S2. The summed E-state index contributed by atoms with van der Waals surface area (Å²) in [7, 11) is -3.80. The Kier molecular flexibility index (Phi) is 4.84. The van der Waals surface area contributed by atoms with E-state index in [0.29, 0.717) is 17.2 Å². The van der Waals surface area contributed by atoms with E-state index in [4.69, 9.17) is 9.88 Å². The van der Waals surface area contributed by atoms with Crippen molar-refractivity contribution in [1.82, 2.24) is 0 Å². The van der Waals surface area contributed by atoms with Crippen LogP contribution in [0.3, 0.4) is 0 Å². The second-order valence-corrected chi connectivity index (χ2v) is 7.79. The van der Waals surface area contributed by atoms with Gasteiger partial charge >= 0.3 is 0 Å². The van der Waals surface area contributed by atoms with Gasteiger partial charge in [0, 0.05) is 11.1 Å². The molecule has 0 saturated heterocycles. The number of carbonyl (C=O) groups excluding carboxylic acids is 1. The Morgan fingerprint density at radius 2 is 1.64 bits per heavy atom. The Labute approximate surface area is 148 Å². The summed E-state index contributed by atoms with van der Waals surface area (Å²) in [6.45, 7) is 0. The summed E-state index contributed by atoms with van der Waals surface area (Å²) in [4.78, 5) is 12.2. The van der Waals surface area contributed by atoms with E-state index in [1.807, 2.05) is 30.3 Å². The third kappa shape index (κ3) is 4.44. The van der Waals surface area contributed by atoms with E-state index < -0.39 is 15.9 Å². The Bertz CT molecular complexity index is 981. The van der Waals surface area contributed by atoms with Gasteiger partial charge in [0.25, 0.3) is 5.91 Å². The molecule has 0 atom stereocenters. The van der Waals surface area contributed by atoms with E-state index in [0.717, 1.165) is 11.3 Å². The quantitative estimate of drug-likeness (QED) is 0.715. The van der Waals surface area contributed by atoms with Crippen molar-refractivity contribution in [2.45, 2.75) is 4.21 Å². The Balaban J connectivity index is 1.67. The van der Waals surface area contributed by atoms with E-state index in [1.165, 1.54) is 11.4 Å². The number of anilines is 1. The van der Waals surface area contributed by atoms with Gasteiger partial charge in [0.05, 0.1) is 5.56 Å². The van der Waals surface area contributed by atoms with Gasteiger partial charge in [0.2, 0.25) is 10.0 Å². The molecule has 8 heteroatoms. The molecule has 0 fully saturated rings. The summed E-state index contributed by atoms with van der Waals surface area (Å²) in [5, 5.41) is 9.18. The zero-order chi connectivity index (χ0) is 17.9. The van der Waals surface area contributed by atoms with Crippen LogP contribution < -0.4 is 15.2 Å². The topological polar surface area (TPSA) is 98.5 Å². The summed E-state index contributed by atoms with van der Waals surface area (Å²) in [5.74, 6) is 0.937. The number of hydrogen-bond donors (Lipinski definition) is 2. The van der Waals surface area contributed by atoms with Crippen LogP contribution in [0, 0.1) is 0 Å². The van der Waals surface area contributed by atoms with Crippen LogP contribution in [0.4, 0.5) is 5.69 Å². The molecule has 3 aromatic rings. The van der Waals surface area contributed by atoms with E-state index in [9.17, 15) is 13.2 Å². The minimum absolute atomic E-state index is 0.0516. The zero-order valence-corrected chi connectivity index (χ0v) is 14.5. The standard InChI is InChI=1S/C17H14N2O4S2/c18-25(21,22)16-10-12(11-24-16)17(20)19-13-6-8-15(9-7-13)23-14-4-2-1-3-5-14/h1-11H,(H,19,20)(H2,18,21,22). The third-order valence-corrected chi connectivity index (χ3v) is 5.60. The van der Waals surface area contributed by atoms with Crippen LogP contribution in [0.5, 0.6) is 11.5 Å². The predicted molar refractivity (Wildman–Crippen MR) is 96.6 cm³/mol. The van der Waals surface area contributed by atoms with Gasteiger partial charge in [0.1, 0.15) is 15.7 Å². The number of nitrogens with two attached hydrogens (primary N) is 1. The van der Waals surface area contributed by atoms with E-state index >= 15 is 0 Å². The molecule has 1 aromatic heterocycles. The van der Waals surface area contributed by atoms with Gasteiger partial charge in [-0.3, -0.25) is 4.79 Å². The molecule has 0 spiro atoms. The number of benzene rings is 2. The van der Waals surface area contributed by atoms with Crippen LogP contribution in [0.2, 0.25) is 0 Å². The monoisotopic (exact) mass is 374 g/mol. The van der Waals surface area contributed by atoms with Crippen molar-refractivity contribution in [2.75, 3.05) is 5.32 Å². The minimum Gasteiger partial charge on any atom is -0.457 e. The van der Waals surface area contributed by atoms with Gasteiger partial charge in [-0.15, -0.1) is 11.3 Å². The van der Waals surface area contributed by atoms with Crippen LogP contribution in [0.25, 0.3) is 0 Å². The number of para-hydroxylation sites is 1. The van der Waals surface area contributed by atoms with E-state index in [-0.39, 0.29) is 9.77 Å². The van der Waals surface area contributed by atoms with E-state index in [2.05, 4.69) is 5.32 Å².